The normalized spacial score (nSPS) is 22.8. The molecule has 0 bridgehead atoms. The fourth-order valence-corrected chi connectivity index (χ4v) is 3.70. The van der Waals surface area contributed by atoms with Gasteiger partial charge >= 0.3 is 0 Å². The topological polar surface area (TPSA) is 24.9 Å². The SMILES string of the molecule is CC(C)C1CCCCC1NCc1ccc2cnccc2c1. The molecule has 2 heteroatoms. The second-order valence-electron chi connectivity index (χ2n) is 6.74. The van der Waals surface area contributed by atoms with E-state index in [2.05, 4.69) is 48.4 Å². The minimum atomic E-state index is 0.687. The smallest absolute Gasteiger partial charge is 0.0346 e. The molecule has 1 saturated carbocycles. The lowest BCUT2D eigenvalue weighted by molar-refractivity contribution is 0.204. The standard InChI is InChI=1S/C19H26N2/c1-14(2)18-5-3-4-6-19(18)21-12-15-7-8-17-13-20-10-9-16(17)11-15/h7-11,13-14,18-19,21H,3-6,12H2,1-2H3. The van der Waals surface area contributed by atoms with E-state index in [0.717, 1.165) is 18.4 Å². The van der Waals surface area contributed by atoms with Crippen molar-refractivity contribution in [1.82, 2.24) is 10.3 Å². The van der Waals surface area contributed by atoms with Crippen LogP contribution in [0, 0.1) is 11.8 Å². The van der Waals surface area contributed by atoms with Gasteiger partial charge in [0.25, 0.3) is 0 Å². The van der Waals surface area contributed by atoms with Gasteiger partial charge in [-0.05, 0) is 47.8 Å². The van der Waals surface area contributed by atoms with Gasteiger partial charge < -0.3 is 5.32 Å². The Morgan fingerprint density at radius 2 is 2.00 bits per heavy atom. The number of benzene rings is 1. The second kappa shape index (κ2) is 6.57. The summed E-state index contributed by atoms with van der Waals surface area (Å²) in [7, 11) is 0. The van der Waals surface area contributed by atoms with Crippen LogP contribution in [0.25, 0.3) is 10.8 Å². The zero-order chi connectivity index (χ0) is 14.7. The maximum Gasteiger partial charge on any atom is 0.0346 e. The van der Waals surface area contributed by atoms with Crippen molar-refractivity contribution in [3.8, 4) is 0 Å². The number of aromatic nitrogens is 1. The Labute approximate surface area is 128 Å². The molecule has 0 spiro atoms. The van der Waals surface area contributed by atoms with Crippen molar-refractivity contribution in [3.63, 3.8) is 0 Å². The largest absolute Gasteiger partial charge is 0.310 e. The lowest BCUT2D eigenvalue weighted by atomic mass is 9.78. The van der Waals surface area contributed by atoms with Crippen molar-refractivity contribution < 1.29 is 0 Å². The first kappa shape index (κ1) is 14.5. The molecule has 1 heterocycles. The van der Waals surface area contributed by atoms with Crippen LogP contribution in [0.1, 0.15) is 45.1 Å². The zero-order valence-corrected chi connectivity index (χ0v) is 13.2. The van der Waals surface area contributed by atoms with Crippen molar-refractivity contribution >= 4 is 10.8 Å². The highest BCUT2D eigenvalue weighted by Crippen LogP contribution is 2.30. The maximum atomic E-state index is 4.18. The fourth-order valence-electron chi connectivity index (χ4n) is 3.70. The van der Waals surface area contributed by atoms with Crippen LogP contribution in [-0.4, -0.2) is 11.0 Å². The Kier molecular flexibility index (Phi) is 4.54. The number of rotatable bonds is 4. The van der Waals surface area contributed by atoms with Crippen molar-refractivity contribution in [2.75, 3.05) is 0 Å². The van der Waals surface area contributed by atoms with E-state index in [1.165, 1.54) is 42.0 Å². The molecule has 1 N–H and O–H groups in total. The van der Waals surface area contributed by atoms with Crippen LogP contribution >= 0.6 is 0 Å². The summed E-state index contributed by atoms with van der Waals surface area (Å²) in [5.41, 5.74) is 1.38. The monoisotopic (exact) mass is 282 g/mol. The molecule has 0 saturated heterocycles. The second-order valence-corrected chi connectivity index (χ2v) is 6.74. The number of pyridine rings is 1. The quantitative estimate of drug-likeness (QED) is 0.890. The summed E-state index contributed by atoms with van der Waals surface area (Å²) >= 11 is 0. The van der Waals surface area contributed by atoms with E-state index in [-0.39, 0.29) is 0 Å². The average Bonchev–Trinajstić information content (AvgIpc) is 2.53. The van der Waals surface area contributed by atoms with E-state index in [9.17, 15) is 0 Å². The summed E-state index contributed by atoms with van der Waals surface area (Å²) in [5, 5.41) is 6.33. The summed E-state index contributed by atoms with van der Waals surface area (Å²) in [6.45, 7) is 5.72. The molecular weight excluding hydrogens is 256 g/mol. The van der Waals surface area contributed by atoms with Crippen molar-refractivity contribution in [3.05, 3.63) is 42.2 Å². The van der Waals surface area contributed by atoms with Gasteiger partial charge in [-0.2, -0.15) is 0 Å². The number of hydrogen-bond donors (Lipinski definition) is 1. The Hall–Kier alpha value is -1.41. The highest BCUT2D eigenvalue weighted by Gasteiger charge is 2.26. The molecule has 1 aliphatic carbocycles. The van der Waals surface area contributed by atoms with E-state index in [1.54, 1.807) is 0 Å². The molecule has 1 fully saturated rings. The van der Waals surface area contributed by atoms with Gasteiger partial charge in [-0.15, -0.1) is 0 Å². The lowest BCUT2D eigenvalue weighted by Crippen LogP contribution is -2.40. The van der Waals surface area contributed by atoms with Gasteiger partial charge in [0.2, 0.25) is 0 Å². The first-order valence-electron chi connectivity index (χ1n) is 8.30. The van der Waals surface area contributed by atoms with Gasteiger partial charge in [0.15, 0.2) is 0 Å². The molecule has 1 aromatic carbocycles. The molecule has 0 amide bonds. The molecular formula is C19H26N2. The molecule has 0 radical (unpaired) electrons. The third kappa shape index (κ3) is 3.44. The lowest BCUT2D eigenvalue weighted by Gasteiger charge is -2.35. The molecule has 2 unspecified atom stereocenters. The van der Waals surface area contributed by atoms with E-state index in [1.807, 2.05) is 12.4 Å². The van der Waals surface area contributed by atoms with Crippen LogP contribution in [-0.2, 0) is 6.54 Å². The van der Waals surface area contributed by atoms with E-state index in [0.29, 0.717) is 6.04 Å². The highest BCUT2D eigenvalue weighted by molar-refractivity contribution is 5.81. The van der Waals surface area contributed by atoms with Crippen molar-refractivity contribution in [2.24, 2.45) is 11.8 Å². The number of nitrogens with zero attached hydrogens (tertiary/aromatic N) is 1. The van der Waals surface area contributed by atoms with Gasteiger partial charge in [-0.25, -0.2) is 0 Å². The van der Waals surface area contributed by atoms with Crippen LogP contribution in [0.3, 0.4) is 0 Å². The molecule has 1 aliphatic rings. The molecule has 2 aromatic rings. The van der Waals surface area contributed by atoms with Gasteiger partial charge in [-0.3, -0.25) is 4.98 Å². The maximum absolute atomic E-state index is 4.18. The van der Waals surface area contributed by atoms with Crippen LogP contribution in [0.2, 0.25) is 0 Å². The number of hydrogen-bond acceptors (Lipinski definition) is 2. The summed E-state index contributed by atoms with van der Waals surface area (Å²) in [4.78, 5) is 4.18. The summed E-state index contributed by atoms with van der Waals surface area (Å²) in [6, 6.07) is 9.48. The predicted octanol–water partition coefficient (Wildman–Crippen LogP) is 4.54. The van der Waals surface area contributed by atoms with Crippen LogP contribution < -0.4 is 5.32 Å². The van der Waals surface area contributed by atoms with Crippen LogP contribution in [0.15, 0.2) is 36.7 Å². The zero-order valence-electron chi connectivity index (χ0n) is 13.2. The Balaban J connectivity index is 1.67. The van der Waals surface area contributed by atoms with E-state index >= 15 is 0 Å². The summed E-state index contributed by atoms with van der Waals surface area (Å²) in [6.07, 6.45) is 9.31. The predicted molar refractivity (Wildman–Crippen MR) is 89.2 cm³/mol. The fraction of sp³-hybridized carbons (Fsp3) is 0.526. The number of fused-ring (bicyclic) bond motifs is 1. The minimum Gasteiger partial charge on any atom is -0.310 e. The molecule has 21 heavy (non-hydrogen) atoms. The third-order valence-electron chi connectivity index (χ3n) is 4.95. The van der Waals surface area contributed by atoms with Gasteiger partial charge in [-0.1, -0.05) is 38.8 Å². The molecule has 1 aromatic heterocycles. The Bertz CT molecular complexity index is 591. The number of nitrogens with one attached hydrogen (secondary N) is 1. The van der Waals surface area contributed by atoms with Gasteiger partial charge in [0.1, 0.15) is 0 Å². The third-order valence-corrected chi connectivity index (χ3v) is 4.95. The average molecular weight is 282 g/mol. The van der Waals surface area contributed by atoms with Gasteiger partial charge in [0, 0.05) is 30.4 Å². The van der Waals surface area contributed by atoms with Crippen LogP contribution in [0.5, 0.6) is 0 Å². The summed E-state index contributed by atoms with van der Waals surface area (Å²) < 4.78 is 0. The molecule has 0 aliphatic heterocycles. The first-order chi connectivity index (χ1) is 10.2. The van der Waals surface area contributed by atoms with Crippen LogP contribution in [0.4, 0.5) is 0 Å². The van der Waals surface area contributed by atoms with E-state index < -0.39 is 0 Å². The molecule has 112 valence electrons. The van der Waals surface area contributed by atoms with E-state index in [4.69, 9.17) is 0 Å². The molecule has 2 nitrogen and oxygen atoms in total. The van der Waals surface area contributed by atoms with Crippen molar-refractivity contribution in [1.29, 1.82) is 0 Å². The molecule has 3 rings (SSSR count). The van der Waals surface area contributed by atoms with Crippen molar-refractivity contribution in [2.45, 2.75) is 52.1 Å². The minimum absolute atomic E-state index is 0.687. The molecule has 2 atom stereocenters. The first-order valence-corrected chi connectivity index (χ1v) is 8.30. The Morgan fingerprint density at radius 3 is 2.86 bits per heavy atom. The highest BCUT2D eigenvalue weighted by atomic mass is 14.9. The van der Waals surface area contributed by atoms with Gasteiger partial charge in [0.05, 0.1) is 0 Å². The Morgan fingerprint density at radius 1 is 1.14 bits per heavy atom. The summed E-state index contributed by atoms with van der Waals surface area (Å²) in [5.74, 6) is 1.62.